The maximum atomic E-state index is 16.3. The van der Waals surface area contributed by atoms with E-state index in [4.69, 9.17) is 16.3 Å². The Labute approximate surface area is 264 Å². The van der Waals surface area contributed by atoms with Crippen LogP contribution in [-0.4, -0.2) is 67.0 Å². The highest BCUT2D eigenvalue weighted by Gasteiger charge is 2.45. The lowest BCUT2D eigenvalue weighted by Gasteiger charge is -2.29. The molecule has 0 unspecified atom stereocenters. The van der Waals surface area contributed by atoms with Crippen LogP contribution in [0.3, 0.4) is 0 Å². The van der Waals surface area contributed by atoms with Gasteiger partial charge in [-0.1, -0.05) is 25.4 Å². The summed E-state index contributed by atoms with van der Waals surface area (Å²) in [6, 6.07) is 3.21. The average Bonchev–Trinajstić information content (AvgIpc) is 3.45. The lowest BCUT2D eigenvalue weighted by Crippen LogP contribution is -2.38. The van der Waals surface area contributed by atoms with E-state index < -0.39 is 37.8 Å². The number of rotatable bonds is 4. The van der Waals surface area contributed by atoms with Crippen molar-refractivity contribution in [2.45, 2.75) is 58.0 Å². The van der Waals surface area contributed by atoms with Gasteiger partial charge < -0.3 is 14.5 Å². The molecule has 2 atom stereocenters. The van der Waals surface area contributed by atoms with Crippen molar-refractivity contribution < 1.29 is 22.3 Å². The normalized spacial score (nSPS) is 19.0. The number of carbonyl (C=O) groups is 1. The minimum absolute atomic E-state index is 0.00119. The van der Waals surface area contributed by atoms with Crippen molar-refractivity contribution in [1.82, 2.24) is 14.5 Å². The highest BCUT2D eigenvalue weighted by molar-refractivity contribution is 9.10. The summed E-state index contributed by atoms with van der Waals surface area (Å²) < 4.78 is 49.9. The second kappa shape index (κ2) is 11.0. The quantitative estimate of drug-likeness (QED) is 0.305. The number of amides is 1. The Bertz CT molecular complexity index is 1810. The number of aromatic nitrogens is 2. The van der Waals surface area contributed by atoms with Crippen LogP contribution in [0.2, 0.25) is 5.02 Å². The van der Waals surface area contributed by atoms with E-state index in [2.05, 4.69) is 20.9 Å². The van der Waals surface area contributed by atoms with Gasteiger partial charge in [-0.25, -0.2) is 17.6 Å². The number of nitrogens with zero attached hydrogens (tertiary/aromatic N) is 4. The topological polar surface area (TPSA) is 102 Å². The van der Waals surface area contributed by atoms with Crippen LogP contribution in [0.25, 0.3) is 16.6 Å². The molecule has 2 aliphatic heterocycles. The van der Waals surface area contributed by atoms with E-state index in [1.165, 1.54) is 6.07 Å². The van der Waals surface area contributed by atoms with Crippen molar-refractivity contribution in [1.29, 1.82) is 0 Å². The molecular weight excluding hydrogens is 663 g/mol. The Morgan fingerprint density at radius 1 is 1.16 bits per heavy atom. The Kier molecular flexibility index (Phi) is 8.13. The lowest BCUT2D eigenvalue weighted by molar-refractivity contribution is 0.0282. The maximum Gasteiger partial charge on any atom is 0.410 e. The van der Waals surface area contributed by atoms with E-state index in [0.717, 1.165) is 10.8 Å². The zero-order valence-corrected chi connectivity index (χ0v) is 28.3. The summed E-state index contributed by atoms with van der Waals surface area (Å²) in [7, 11) is -4.13. The first kappa shape index (κ1) is 31.7. The fourth-order valence-electron chi connectivity index (χ4n) is 6.21. The van der Waals surface area contributed by atoms with Crippen LogP contribution < -0.4 is 10.5 Å². The molecule has 0 bridgehead atoms. The number of carbonyl (C=O) groups excluding carboxylic acids is 1. The molecule has 2 saturated heterocycles. The van der Waals surface area contributed by atoms with Crippen molar-refractivity contribution in [3.63, 3.8) is 0 Å². The Balaban J connectivity index is 1.74. The van der Waals surface area contributed by atoms with Crippen molar-refractivity contribution >= 4 is 60.1 Å². The zero-order valence-electron chi connectivity index (χ0n) is 25.2. The molecule has 13 heteroatoms. The Morgan fingerprint density at radius 2 is 1.77 bits per heavy atom. The molecule has 2 aliphatic rings. The van der Waals surface area contributed by atoms with Crippen LogP contribution >= 0.6 is 27.5 Å². The third-order valence-electron chi connectivity index (χ3n) is 7.98. The number of pyridine rings is 2. The summed E-state index contributed by atoms with van der Waals surface area (Å²) in [4.78, 5) is 34.7. The molecule has 2 aromatic heterocycles. The molecule has 0 spiro atoms. The van der Waals surface area contributed by atoms with E-state index in [-0.39, 0.29) is 43.8 Å². The number of fused-ring (bicyclic) bond motifs is 2. The standard InChI is InChI=1S/C30H35BrClFN4O5S/c1-15(2)23-24(16(3)8-9-34-23)37-25-19(10-20(32)21(31)22(25)33)26(27(28(37)38)43(7,40)41)35-11-17-13-36(14-18(17)12-35)29(39)42-30(4,5)6/h8-10,15,17-18H,11-14H2,1-7H3/t17-,18+. The Hall–Kier alpha value is -2.70. The van der Waals surface area contributed by atoms with E-state index in [1.54, 1.807) is 24.1 Å². The highest BCUT2D eigenvalue weighted by atomic mass is 79.9. The molecule has 9 nitrogen and oxygen atoms in total. The van der Waals surface area contributed by atoms with Crippen LogP contribution in [0.15, 0.2) is 32.5 Å². The van der Waals surface area contributed by atoms with Gasteiger partial charge in [-0.2, -0.15) is 0 Å². The molecule has 43 heavy (non-hydrogen) atoms. The minimum Gasteiger partial charge on any atom is -0.444 e. The van der Waals surface area contributed by atoms with Gasteiger partial charge in [0.25, 0.3) is 5.56 Å². The first-order chi connectivity index (χ1) is 19.9. The highest BCUT2D eigenvalue weighted by Crippen LogP contribution is 2.43. The van der Waals surface area contributed by atoms with Crippen molar-refractivity contribution in [3.05, 3.63) is 55.3 Å². The van der Waals surface area contributed by atoms with Gasteiger partial charge in [0, 0.05) is 55.9 Å². The van der Waals surface area contributed by atoms with Gasteiger partial charge >= 0.3 is 6.09 Å². The largest absolute Gasteiger partial charge is 0.444 e. The van der Waals surface area contributed by atoms with E-state index in [9.17, 15) is 18.0 Å². The molecule has 3 aromatic rings. The number of anilines is 1. The first-order valence-electron chi connectivity index (χ1n) is 14.1. The summed E-state index contributed by atoms with van der Waals surface area (Å²) in [5, 5.41) is 0.242. The molecule has 232 valence electrons. The van der Waals surface area contributed by atoms with Gasteiger partial charge in [0.2, 0.25) is 0 Å². The molecule has 0 N–H and O–H groups in total. The summed E-state index contributed by atoms with van der Waals surface area (Å²) in [6.07, 6.45) is 2.20. The number of sulfone groups is 1. The smallest absolute Gasteiger partial charge is 0.410 e. The molecule has 4 heterocycles. The van der Waals surface area contributed by atoms with Crippen LogP contribution in [0, 0.1) is 24.6 Å². The van der Waals surface area contributed by atoms with Gasteiger partial charge in [0.05, 0.1) is 32.1 Å². The van der Waals surface area contributed by atoms with E-state index in [1.807, 2.05) is 39.5 Å². The fraction of sp³-hybridized carbons (Fsp3) is 0.500. The molecule has 0 aliphatic carbocycles. The molecule has 0 radical (unpaired) electrons. The third-order valence-corrected chi connectivity index (χ3v) is 10.4. The second-order valence-electron chi connectivity index (χ2n) is 12.8. The lowest BCUT2D eigenvalue weighted by atomic mass is 10.0. The van der Waals surface area contributed by atoms with Gasteiger partial charge in [-0.05, 0) is 67.2 Å². The third kappa shape index (κ3) is 5.66. The first-order valence-corrected chi connectivity index (χ1v) is 17.1. The summed E-state index contributed by atoms with van der Waals surface area (Å²) >= 11 is 9.70. The molecule has 2 fully saturated rings. The molecular formula is C30H35BrClFN4O5S. The molecule has 1 aromatic carbocycles. The van der Waals surface area contributed by atoms with E-state index >= 15 is 4.39 Å². The number of halogens is 3. The minimum atomic E-state index is -4.13. The monoisotopic (exact) mass is 696 g/mol. The summed E-state index contributed by atoms with van der Waals surface area (Å²) in [5.74, 6) is -0.931. The van der Waals surface area contributed by atoms with Crippen LogP contribution in [0.1, 0.15) is 51.8 Å². The van der Waals surface area contributed by atoms with Crippen molar-refractivity contribution in [2.75, 3.05) is 37.3 Å². The van der Waals surface area contributed by atoms with E-state index in [0.29, 0.717) is 43.1 Å². The molecule has 1 amide bonds. The number of likely N-dealkylation sites (tertiary alicyclic amines) is 1. The van der Waals surface area contributed by atoms with Gasteiger partial charge in [-0.3, -0.25) is 14.3 Å². The predicted octanol–water partition coefficient (Wildman–Crippen LogP) is 6.08. The summed E-state index contributed by atoms with van der Waals surface area (Å²) in [6.45, 7) is 12.6. The molecule has 5 rings (SSSR count). The number of ether oxygens (including phenoxy) is 1. The van der Waals surface area contributed by atoms with Crippen molar-refractivity contribution in [3.8, 4) is 5.69 Å². The second-order valence-corrected chi connectivity index (χ2v) is 16.0. The molecule has 0 saturated carbocycles. The van der Waals surface area contributed by atoms with Gasteiger partial charge in [-0.15, -0.1) is 0 Å². The SMILES string of the molecule is Cc1ccnc(C(C)C)c1-n1c(=O)c(S(C)(=O)=O)c(N2C[C@H]3CN(C(=O)OC(C)(C)C)C[C@H]3C2)c2cc(Cl)c(Br)c(F)c21. The zero-order chi connectivity index (χ0) is 31.8. The van der Waals surface area contributed by atoms with Crippen LogP contribution in [0.5, 0.6) is 0 Å². The number of benzene rings is 1. The van der Waals surface area contributed by atoms with Crippen molar-refractivity contribution in [2.24, 2.45) is 11.8 Å². The number of aryl methyl sites for hydroxylation is 1. The fourth-order valence-corrected chi connectivity index (χ4v) is 7.70. The predicted molar refractivity (Wildman–Crippen MR) is 169 cm³/mol. The van der Waals surface area contributed by atoms with Gasteiger partial charge in [0.15, 0.2) is 20.5 Å². The number of hydrogen-bond donors (Lipinski definition) is 0. The average molecular weight is 698 g/mol. The summed E-state index contributed by atoms with van der Waals surface area (Å²) in [5.41, 5.74) is 0.0453. The maximum absolute atomic E-state index is 16.3. The number of hydrogen-bond acceptors (Lipinski definition) is 7. The van der Waals surface area contributed by atoms with Crippen LogP contribution in [0.4, 0.5) is 14.9 Å². The van der Waals surface area contributed by atoms with Crippen LogP contribution in [-0.2, 0) is 14.6 Å². The Morgan fingerprint density at radius 3 is 2.30 bits per heavy atom. The van der Waals surface area contributed by atoms with Gasteiger partial charge in [0.1, 0.15) is 5.60 Å².